The number of hydrogen-bond acceptors (Lipinski definition) is 1. The maximum Gasteiger partial charge on any atom is 0.155 e. The average Bonchev–Trinajstić information content (AvgIpc) is 2.35. The van der Waals surface area contributed by atoms with Crippen LogP contribution in [0.1, 0.15) is 38.7 Å². The maximum absolute atomic E-state index is 2.81. The van der Waals surface area contributed by atoms with Crippen LogP contribution in [0.5, 0.6) is 0 Å². The van der Waals surface area contributed by atoms with Gasteiger partial charge < -0.3 is 4.57 Å². The van der Waals surface area contributed by atoms with E-state index in [1.807, 2.05) is 0 Å². The highest BCUT2D eigenvalue weighted by Gasteiger charge is 2.44. The Morgan fingerprint density at radius 3 is 2.18 bits per heavy atom. The van der Waals surface area contributed by atoms with Crippen LogP contribution in [0.25, 0.3) is 0 Å². The molecule has 0 bridgehead atoms. The van der Waals surface area contributed by atoms with Crippen LogP contribution < -0.4 is 4.57 Å². The molecule has 0 radical (unpaired) electrons. The van der Waals surface area contributed by atoms with E-state index in [1.54, 1.807) is 11.3 Å². The fraction of sp³-hybridized carbons (Fsp3) is 0.684. The van der Waals surface area contributed by atoms with E-state index in [0.717, 1.165) is 5.92 Å². The lowest BCUT2D eigenvalue weighted by Crippen LogP contribution is -2.57. The molecule has 1 aliphatic heterocycles. The molecule has 0 saturated carbocycles. The van der Waals surface area contributed by atoms with Gasteiger partial charge in [0, 0.05) is 20.3 Å². The first-order valence-corrected chi connectivity index (χ1v) is 15.5. The molecule has 1 aliphatic rings. The largest absolute Gasteiger partial charge is 0.397 e. The van der Waals surface area contributed by atoms with E-state index in [2.05, 4.69) is 82.3 Å². The van der Waals surface area contributed by atoms with Crippen LogP contribution in [0.4, 0.5) is 5.69 Å². The zero-order valence-electron chi connectivity index (χ0n) is 16.0. The van der Waals surface area contributed by atoms with Crippen molar-refractivity contribution < 1.29 is 0 Å². The molecule has 0 saturated heterocycles. The number of benzene rings is 1. The predicted octanol–water partition coefficient (Wildman–Crippen LogP) is 6.32. The Kier molecular flexibility index (Phi) is 4.71. The monoisotopic (exact) mass is 333 g/mol. The Hall–Kier alpha value is -0.546. The number of anilines is 1. The molecule has 0 aliphatic carbocycles. The van der Waals surface area contributed by atoms with Crippen molar-refractivity contribution in [1.29, 1.82) is 0 Å². The smallest absolute Gasteiger partial charge is 0.155 e. The van der Waals surface area contributed by atoms with Crippen molar-refractivity contribution in [1.82, 2.24) is 0 Å². The Bertz CT molecular complexity index is 523. The van der Waals surface area contributed by atoms with Crippen molar-refractivity contribution in [2.75, 3.05) is 11.1 Å². The molecule has 1 nitrogen and oxygen atoms in total. The number of rotatable bonds is 3. The van der Waals surface area contributed by atoms with Crippen molar-refractivity contribution in [3.8, 4) is 0 Å². The summed E-state index contributed by atoms with van der Waals surface area (Å²) in [5.74, 6) is 0.781. The second-order valence-electron chi connectivity index (χ2n) is 9.77. The van der Waals surface area contributed by atoms with Gasteiger partial charge in [-0.3, -0.25) is 0 Å². The van der Waals surface area contributed by atoms with E-state index in [4.69, 9.17) is 0 Å². The highest BCUT2D eigenvalue weighted by atomic mass is 28.3. The Labute approximate surface area is 140 Å². The van der Waals surface area contributed by atoms with Crippen LogP contribution in [0.3, 0.4) is 0 Å². The second-order valence-corrected chi connectivity index (χ2v) is 20.5. The minimum Gasteiger partial charge on any atom is -0.397 e. The number of para-hydroxylation sites is 1. The van der Waals surface area contributed by atoms with Gasteiger partial charge in [-0.05, 0) is 29.0 Å². The van der Waals surface area contributed by atoms with Gasteiger partial charge in [0.25, 0.3) is 0 Å². The van der Waals surface area contributed by atoms with Gasteiger partial charge in [0.1, 0.15) is 0 Å². The fourth-order valence-electron chi connectivity index (χ4n) is 3.58. The Morgan fingerprint density at radius 2 is 1.64 bits per heavy atom. The topological polar surface area (TPSA) is 3.24 Å². The van der Waals surface area contributed by atoms with Gasteiger partial charge in [-0.2, -0.15) is 0 Å². The molecule has 1 aromatic rings. The van der Waals surface area contributed by atoms with Gasteiger partial charge in [-0.1, -0.05) is 77.7 Å². The van der Waals surface area contributed by atoms with Gasteiger partial charge in [0.15, 0.2) is 8.24 Å². The van der Waals surface area contributed by atoms with Crippen molar-refractivity contribution >= 4 is 22.0 Å². The summed E-state index contributed by atoms with van der Waals surface area (Å²) in [6, 6.07) is 10.7. The third-order valence-electron chi connectivity index (χ3n) is 5.74. The third-order valence-corrected chi connectivity index (χ3v) is 12.9. The van der Waals surface area contributed by atoms with E-state index in [9.17, 15) is 0 Å². The van der Waals surface area contributed by atoms with Gasteiger partial charge >= 0.3 is 0 Å². The van der Waals surface area contributed by atoms with Crippen LogP contribution >= 0.6 is 0 Å². The molecular formula is C19H35NSi2. The molecule has 0 fully saturated rings. The zero-order chi connectivity index (χ0) is 16.8. The molecule has 0 amide bonds. The lowest BCUT2D eigenvalue weighted by atomic mass is 9.92. The van der Waals surface area contributed by atoms with Crippen LogP contribution in [0.15, 0.2) is 24.3 Å². The summed E-state index contributed by atoms with van der Waals surface area (Å²) in [5, 5.41) is 0.395. The lowest BCUT2D eigenvalue weighted by molar-refractivity contribution is 0.628. The van der Waals surface area contributed by atoms with Gasteiger partial charge in [0.2, 0.25) is 0 Å². The summed E-state index contributed by atoms with van der Waals surface area (Å²) in [5.41, 5.74) is 3.17. The molecule has 2 rings (SSSR count). The molecule has 22 heavy (non-hydrogen) atoms. The maximum atomic E-state index is 2.81. The molecule has 1 heterocycles. The molecule has 0 spiro atoms. The molecular weight excluding hydrogens is 298 g/mol. The zero-order valence-corrected chi connectivity index (χ0v) is 18.0. The van der Waals surface area contributed by atoms with Crippen molar-refractivity contribution in [2.45, 2.75) is 76.9 Å². The van der Waals surface area contributed by atoms with Crippen LogP contribution in [-0.2, 0) is 0 Å². The van der Waals surface area contributed by atoms with Gasteiger partial charge in [-0.25, -0.2) is 0 Å². The Morgan fingerprint density at radius 1 is 1.05 bits per heavy atom. The van der Waals surface area contributed by atoms with Crippen LogP contribution in [-0.4, -0.2) is 22.9 Å². The quantitative estimate of drug-likeness (QED) is 0.585. The van der Waals surface area contributed by atoms with E-state index in [-0.39, 0.29) is 0 Å². The number of fused-ring (bicyclic) bond motifs is 1. The molecule has 1 aromatic carbocycles. The van der Waals surface area contributed by atoms with E-state index >= 15 is 0 Å². The molecule has 3 heteroatoms. The summed E-state index contributed by atoms with van der Waals surface area (Å²) < 4.78 is 2.81. The third kappa shape index (κ3) is 3.51. The summed E-state index contributed by atoms with van der Waals surface area (Å²) in [6.07, 6.45) is 1.34. The normalized spacial score (nSPS) is 20.0. The highest BCUT2D eigenvalue weighted by molar-refractivity contribution is 6.83. The first kappa shape index (κ1) is 17.8. The first-order chi connectivity index (χ1) is 9.93. The van der Waals surface area contributed by atoms with Gasteiger partial charge in [-0.15, -0.1) is 0 Å². The second kappa shape index (κ2) is 5.82. The van der Waals surface area contributed by atoms with E-state index < -0.39 is 16.3 Å². The summed E-state index contributed by atoms with van der Waals surface area (Å²) in [6.45, 7) is 21.2. The van der Waals surface area contributed by atoms with Crippen LogP contribution in [0, 0.1) is 0 Å². The SMILES string of the molecule is CC(C)(C)[Si](C)(C)N1CCC(C[Si](C)(C)C)c2ccccc21. The van der Waals surface area contributed by atoms with Crippen molar-refractivity contribution in [3.05, 3.63) is 29.8 Å². The molecule has 124 valence electrons. The number of nitrogens with zero attached hydrogens (tertiary/aromatic N) is 1. The molecule has 1 unspecified atom stereocenters. The Balaban J connectivity index is 2.41. The fourth-order valence-corrected chi connectivity index (χ4v) is 7.78. The van der Waals surface area contributed by atoms with E-state index in [0.29, 0.717) is 5.04 Å². The molecule has 1 atom stereocenters. The first-order valence-electron chi connectivity index (χ1n) is 8.80. The molecule has 0 N–H and O–H groups in total. The van der Waals surface area contributed by atoms with Crippen LogP contribution in [0.2, 0.25) is 43.8 Å². The number of hydrogen-bond donors (Lipinski definition) is 0. The summed E-state index contributed by atoms with van der Waals surface area (Å²) >= 11 is 0. The standard InChI is InChI=1S/C19H35NSi2/c1-19(2,3)22(7,8)20-14-13-16(15-21(4,5)6)17-11-9-10-12-18(17)20/h9-12,16H,13-15H2,1-8H3. The summed E-state index contributed by atoms with van der Waals surface area (Å²) in [4.78, 5) is 0. The minimum atomic E-state index is -1.50. The predicted molar refractivity (Wildman–Crippen MR) is 106 cm³/mol. The highest BCUT2D eigenvalue weighted by Crippen LogP contribution is 2.46. The molecule has 0 aromatic heterocycles. The van der Waals surface area contributed by atoms with Crippen molar-refractivity contribution in [2.24, 2.45) is 0 Å². The minimum absolute atomic E-state index is 0.395. The average molecular weight is 334 g/mol. The van der Waals surface area contributed by atoms with Gasteiger partial charge in [0.05, 0.1) is 0 Å². The summed E-state index contributed by atoms with van der Waals surface area (Å²) in [7, 11) is -2.52. The van der Waals surface area contributed by atoms with Crippen molar-refractivity contribution in [3.63, 3.8) is 0 Å². The lowest BCUT2D eigenvalue weighted by Gasteiger charge is -2.51. The van der Waals surface area contributed by atoms with E-state index in [1.165, 1.54) is 19.0 Å².